The van der Waals surface area contributed by atoms with Crippen LogP contribution in [0.3, 0.4) is 0 Å². The summed E-state index contributed by atoms with van der Waals surface area (Å²) >= 11 is 0. The number of ether oxygens (including phenoxy) is 2. The van der Waals surface area contributed by atoms with E-state index in [0.717, 1.165) is 34.9 Å². The van der Waals surface area contributed by atoms with E-state index in [2.05, 4.69) is 12.4 Å². The van der Waals surface area contributed by atoms with E-state index in [4.69, 9.17) is 29.3 Å². The number of nitrogens with one attached hydrogen (secondary N) is 1. The second-order valence-corrected chi connectivity index (χ2v) is 16.2. The van der Waals surface area contributed by atoms with Crippen LogP contribution in [0.15, 0.2) is 114 Å². The number of carbonyl (C=O) groups excluding carboxylic acids is 3. The van der Waals surface area contributed by atoms with E-state index >= 15 is 0 Å². The monoisotopic (exact) mass is 850 g/mol. The minimum absolute atomic E-state index is 0.0165. The van der Waals surface area contributed by atoms with E-state index in [1.54, 1.807) is 24.3 Å². The Labute approximate surface area is 343 Å². The van der Waals surface area contributed by atoms with E-state index in [1.807, 2.05) is 42.5 Å². The molecule has 3 amide bonds. The first-order valence-electron chi connectivity index (χ1n) is 18.6. The molecular formula is C42H41F3N4O10S. The highest BCUT2D eigenvalue weighted by molar-refractivity contribution is 7.87. The second-order valence-electron chi connectivity index (χ2n) is 14.6. The standard InChI is InChI=1S/C40H40N4O8S.C2HF3O2/c1-44(24-28-10-19-37-38(22-28)51-26-50-37)20-4-7-32(25-44)43(39(46)36(41)21-27-8-14-33(45)15-9-27)40(47)42-31-12-16-34(17-13-31)52-53(48,49)35-18-11-29-5-2-3-6-30(29)23-35;3-2(4,5)1(6)7/h2-3,5-6,8-19,22-23,32,36H,4,7,20-21,24-26,41H2,1H3,(H-,42,45,47);(H,6,7)/t32-,36-,44?;/m0./s1. The molecule has 60 heavy (non-hydrogen) atoms. The molecule has 4 N–H and O–H groups in total. The number of likely N-dealkylation sites (N-methyl/N-ethyl adjacent to an activating group) is 1. The fourth-order valence-corrected chi connectivity index (χ4v) is 8.07. The summed E-state index contributed by atoms with van der Waals surface area (Å²) in [4.78, 5) is 38.3. The van der Waals surface area contributed by atoms with Gasteiger partial charge in [0.25, 0.3) is 0 Å². The van der Waals surface area contributed by atoms with Crippen LogP contribution in [0.1, 0.15) is 24.0 Å². The predicted molar refractivity (Wildman–Crippen MR) is 210 cm³/mol. The third-order valence-corrected chi connectivity index (χ3v) is 11.2. The summed E-state index contributed by atoms with van der Waals surface area (Å²) in [5.74, 6) is -1.98. The van der Waals surface area contributed by atoms with Crippen LogP contribution in [-0.4, -0.2) is 86.0 Å². The number of likely N-dealkylation sites (tertiary alicyclic amines) is 1. The molecule has 0 aromatic heterocycles. The Hall–Kier alpha value is -6.37. The highest BCUT2D eigenvalue weighted by Gasteiger charge is 2.41. The summed E-state index contributed by atoms with van der Waals surface area (Å²) in [5, 5.41) is 23.0. The number of hydrogen-bond donors (Lipinski definition) is 3. The topological polar surface area (TPSA) is 198 Å². The third kappa shape index (κ3) is 10.8. The van der Waals surface area contributed by atoms with E-state index in [-0.39, 0.29) is 29.6 Å². The third-order valence-electron chi connectivity index (χ3n) is 9.97. The number of carboxylic acid groups (broad SMARTS) is 1. The van der Waals surface area contributed by atoms with Crippen LogP contribution in [0.5, 0.6) is 23.0 Å². The highest BCUT2D eigenvalue weighted by atomic mass is 32.2. The number of urea groups is 1. The van der Waals surface area contributed by atoms with Crippen LogP contribution in [0.25, 0.3) is 10.8 Å². The van der Waals surface area contributed by atoms with Crippen LogP contribution in [-0.2, 0) is 32.7 Å². The van der Waals surface area contributed by atoms with Gasteiger partial charge in [0, 0.05) is 11.3 Å². The smallest absolute Gasteiger partial charge is 0.430 e. The Morgan fingerprint density at radius 3 is 2.27 bits per heavy atom. The quantitative estimate of drug-likeness (QED) is 0.125. The molecule has 0 saturated carbocycles. The Bertz CT molecular complexity index is 2470. The molecule has 3 atom stereocenters. The molecule has 1 unspecified atom stereocenters. The lowest BCUT2D eigenvalue weighted by Crippen LogP contribution is -2.62. The molecule has 0 aliphatic carbocycles. The lowest BCUT2D eigenvalue weighted by Gasteiger charge is -2.44. The van der Waals surface area contributed by atoms with Crippen LogP contribution in [0.2, 0.25) is 0 Å². The van der Waals surface area contributed by atoms with Crippen molar-refractivity contribution in [2.75, 3.05) is 32.2 Å². The van der Waals surface area contributed by atoms with Crippen molar-refractivity contribution >= 4 is 44.5 Å². The molecule has 0 spiro atoms. The van der Waals surface area contributed by atoms with Gasteiger partial charge in [-0.3, -0.25) is 9.69 Å². The van der Waals surface area contributed by atoms with Gasteiger partial charge in [-0.25, -0.2) is 4.79 Å². The Morgan fingerprint density at radius 2 is 1.58 bits per heavy atom. The summed E-state index contributed by atoms with van der Waals surface area (Å²) in [6.07, 6.45) is -3.66. The van der Waals surface area contributed by atoms with E-state index in [1.165, 1.54) is 47.4 Å². The summed E-state index contributed by atoms with van der Waals surface area (Å²) in [7, 11) is -2.03. The van der Waals surface area contributed by atoms with Gasteiger partial charge in [-0.1, -0.05) is 42.5 Å². The number of carbonyl (C=O) groups is 3. The van der Waals surface area contributed by atoms with Crippen LogP contribution < -0.4 is 29.8 Å². The minimum atomic E-state index is -5.19. The number of nitrogens with two attached hydrogens (primary N) is 1. The number of piperidine rings is 1. The number of imide groups is 1. The van der Waals surface area contributed by atoms with Gasteiger partial charge in [0.15, 0.2) is 11.5 Å². The lowest BCUT2D eigenvalue weighted by atomic mass is 9.98. The number of nitrogens with zero attached hydrogens (tertiary/aromatic N) is 2. The van der Waals surface area contributed by atoms with Crippen molar-refractivity contribution in [3.05, 3.63) is 120 Å². The van der Waals surface area contributed by atoms with Crippen molar-refractivity contribution < 1.29 is 64.3 Å². The number of anilines is 1. The van der Waals surface area contributed by atoms with Gasteiger partial charge in [0.1, 0.15) is 35.5 Å². The van der Waals surface area contributed by atoms with Gasteiger partial charge in [0.05, 0.1) is 25.7 Å². The number of phenolic OH excluding ortho intramolecular Hbond substituents is 1. The Kier molecular flexibility index (Phi) is 12.9. The van der Waals surface area contributed by atoms with Crippen molar-refractivity contribution in [3.63, 3.8) is 0 Å². The molecule has 5 aromatic carbocycles. The van der Waals surface area contributed by atoms with E-state index < -0.39 is 46.3 Å². The zero-order chi connectivity index (χ0) is 43.2. The van der Waals surface area contributed by atoms with E-state index in [0.29, 0.717) is 41.2 Å². The molecule has 7 rings (SSSR count). The molecule has 2 aliphatic heterocycles. The summed E-state index contributed by atoms with van der Waals surface area (Å²) in [5.41, 5.74) is 8.62. The fourth-order valence-electron chi connectivity index (χ4n) is 7.11. The lowest BCUT2D eigenvalue weighted by molar-refractivity contribution is -0.928. The van der Waals surface area contributed by atoms with Crippen molar-refractivity contribution in [2.24, 2.45) is 5.73 Å². The number of benzene rings is 5. The predicted octanol–water partition coefficient (Wildman–Crippen LogP) is 5.08. The molecule has 0 bridgehead atoms. The number of halogens is 3. The molecule has 5 aromatic rings. The van der Waals surface area contributed by atoms with Crippen LogP contribution in [0.4, 0.5) is 23.7 Å². The van der Waals surface area contributed by atoms with Gasteiger partial charge < -0.3 is 44.2 Å². The zero-order valence-electron chi connectivity index (χ0n) is 32.1. The molecule has 2 aliphatic rings. The van der Waals surface area contributed by atoms with Gasteiger partial charge >= 0.3 is 22.3 Å². The summed E-state index contributed by atoms with van der Waals surface area (Å²) in [6.45, 7) is 2.18. The first-order valence-corrected chi connectivity index (χ1v) is 20.0. The number of amides is 3. The van der Waals surface area contributed by atoms with Crippen LogP contribution in [0, 0.1) is 0 Å². The zero-order valence-corrected chi connectivity index (χ0v) is 32.9. The Morgan fingerprint density at radius 1 is 0.933 bits per heavy atom. The maximum absolute atomic E-state index is 14.1. The number of aromatic hydroxyl groups is 1. The fraction of sp³-hybridized carbons (Fsp3) is 0.262. The van der Waals surface area contributed by atoms with Gasteiger partial charge in [-0.05, 0) is 102 Å². The SMILES string of the molecule is C[N+]1(Cc2ccc3c(c2)OCO3)CCC[C@H](N(C(=O)Nc2ccc(OS(=O)(=O)c3ccc4ccccc4c3)cc2)C(=O)[C@@H](N)Cc2ccc(O)cc2)C1.O=C([O-])C(F)(F)F. The molecular weight excluding hydrogens is 810 g/mol. The number of carboxylic acids is 1. The molecule has 2 heterocycles. The average molecular weight is 851 g/mol. The van der Waals surface area contributed by atoms with Gasteiger partial charge in [0.2, 0.25) is 12.7 Å². The van der Waals surface area contributed by atoms with E-state index in [9.17, 15) is 36.3 Å². The summed E-state index contributed by atoms with van der Waals surface area (Å²) in [6, 6.07) is 28.3. The Balaban J connectivity index is 0.000000793. The normalized spacial score (nSPS) is 17.8. The first-order chi connectivity index (χ1) is 28.4. The molecule has 14 nitrogen and oxygen atoms in total. The molecule has 0 radical (unpaired) electrons. The number of hydrogen-bond acceptors (Lipinski definition) is 11. The minimum Gasteiger partial charge on any atom is -0.542 e. The van der Waals surface area contributed by atoms with Crippen molar-refractivity contribution in [3.8, 4) is 23.0 Å². The van der Waals surface area contributed by atoms with Crippen molar-refractivity contribution in [1.82, 2.24) is 4.90 Å². The first kappa shape index (κ1) is 43.2. The maximum atomic E-state index is 14.1. The number of fused-ring (bicyclic) bond motifs is 2. The van der Waals surface area contributed by atoms with Gasteiger partial charge in [-0.2, -0.15) is 21.6 Å². The van der Waals surface area contributed by atoms with Crippen molar-refractivity contribution in [2.45, 2.75) is 49.0 Å². The average Bonchev–Trinajstić information content (AvgIpc) is 3.67. The number of rotatable bonds is 10. The van der Waals surface area contributed by atoms with Crippen molar-refractivity contribution in [1.29, 1.82) is 0 Å². The number of alkyl halides is 3. The van der Waals surface area contributed by atoms with Gasteiger partial charge in [-0.15, -0.1) is 0 Å². The molecule has 1 saturated heterocycles. The molecule has 316 valence electrons. The molecule has 18 heteroatoms. The van der Waals surface area contributed by atoms with Crippen LogP contribution >= 0.6 is 0 Å². The largest absolute Gasteiger partial charge is 0.542 e. The maximum Gasteiger partial charge on any atom is 0.430 e. The number of phenols is 1. The second kappa shape index (κ2) is 17.9. The number of aliphatic carboxylic acids is 1. The highest BCUT2D eigenvalue weighted by Crippen LogP contribution is 2.34. The molecule has 1 fully saturated rings. The summed E-state index contributed by atoms with van der Waals surface area (Å²) < 4.78 is 74.8. The number of quaternary nitrogens is 1.